The Morgan fingerprint density at radius 1 is 1.37 bits per heavy atom. The predicted molar refractivity (Wildman–Crippen MR) is 70.7 cm³/mol. The molecular weight excluding hydrogens is 248 g/mol. The van der Waals surface area contributed by atoms with Crippen LogP contribution in [0.2, 0.25) is 0 Å². The molecule has 1 heterocycles. The van der Waals surface area contributed by atoms with Crippen LogP contribution < -0.4 is 5.73 Å². The molecule has 1 aromatic carbocycles. The van der Waals surface area contributed by atoms with Gasteiger partial charge in [-0.2, -0.15) is 0 Å². The lowest BCUT2D eigenvalue weighted by Gasteiger charge is -2.19. The fraction of sp³-hybridized carbons (Fsp3) is 0.500. The minimum atomic E-state index is -0.655. The molecule has 1 aliphatic rings. The monoisotopic (exact) mass is 265 g/mol. The zero-order chi connectivity index (χ0) is 13.8. The quantitative estimate of drug-likeness (QED) is 0.855. The Hall–Kier alpha value is -1.65. The number of nitrogen functional groups attached to an aromatic ring is 1. The molecular formula is C14H17F2N3. The number of nitrogens with two attached hydrogens (primary N) is 1. The first kappa shape index (κ1) is 12.4. The summed E-state index contributed by atoms with van der Waals surface area (Å²) in [5.41, 5.74) is 6.75. The molecule has 102 valence electrons. The van der Waals surface area contributed by atoms with Crippen LogP contribution in [0, 0.1) is 17.0 Å². The summed E-state index contributed by atoms with van der Waals surface area (Å²) in [6, 6.07) is 2.33. The van der Waals surface area contributed by atoms with E-state index in [4.69, 9.17) is 5.73 Å². The molecule has 1 aliphatic carbocycles. The van der Waals surface area contributed by atoms with Gasteiger partial charge in [-0.3, -0.25) is 0 Å². The summed E-state index contributed by atoms with van der Waals surface area (Å²) in [4.78, 5) is 4.05. The van der Waals surface area contributed by atoms with Crippen molar-refractivity contribution in [3.63, 3.8) is 0 Å². The summed E-state index contributed by atoms with van der Waals surface area (Å²) in [5.74, 6) is -0.983. The largest absolute Gasteiger partial charge is 0.369 e. The normalized spacial score (nSPS) is 22.2. The van der Waals surface area contributed by atoms with E-state index in [-0.39, 0.29) is 22.9 Å². The minimum Gasteiger partial charge on any atom is -0.369 e. The van der Waals surface area contributed by atoms with Gasteiger partial charge in [0.2, 0.25) is 5.95 Å². The van der Waals surface area contributed by atoms with E-state index in [1.165, 1.54) is 6.07 Å². The summed E-state index contributed by atoms with van der Waals surface area (Å²) in [7, 11) is 0. The second-order valence-corrected chi connectivity index (χ2v) is 6.16. The van der Waals surface area contributed by atoms with E-state index in [0.717, 1.165) is 25.3 Å². The van der Waals surface area contributed by atoms with Gasteiger partial charge in [-0.25, -0.2) is 13.8 Å². The smallest absolute Gasteiger partial charge is 0.201 e. The summed E-state index contributed by atoms with van der Waals surface area (Å²) in [6.07, 6.45) is 2.98. The number of nitrogens with zero attached hydrogens (tertiary/aromatic N) is 2. The fourth-order valence-electron chi connectivity index (χ4n) is 3.14. The van der Waals surface area contributed by atoms with Gasteiger partial charge in [-0.15, -0.1) is 0 Å². The van der Waals surface area contributed by atoms with Crippen LogP contribution in [0.15, 0.2) is 12.1 Å². The van der Waals surface area contributed by atoms with Gasteiger partial charge in [-0.1, -0.05) is 13.8 Å². The molecule has 2 aromatic rings. The lowest BCUT2D eigenvalue weighted by molar-refractivity contribution is 0.361. The molecule has 0 spiro atoms. The Bertz CT molecular complexity index is 646. The van der Waals surface area contributed by atoms with Gasteiger partial charge in [0.05, 0.1) is 5.52 Å². The van der Waals surface area contributed by atoms with Crippen LogP contribution in [-0.2, 0) is 0 Å². The first-order valence-electron chi connectivity index (χ1n) is 6.50. The predicted octanol–water partition coefficient (Wildman–Crippen LogP) is 3.65. The van der Waals surface area contributed by atoms with E-state index in [9.17, 15) is 8.78 Å². The number of anilines is 1. The van der Waals surface area contributed by atoms with E-state index in [2.05, 4.69) is 18.8 Å². The summed E-state index contributed by atoms with van der Waals surface area (Å²) in [6.45, 7) is 4.40. The van der Waals surface area contributed by atoms with Gasteiger partial charge >= 0.3 is 0 Å². The van der Waals surface area contributed by atoms with Gasteiger partial charge in [0, 0.05) is 18.2 Å². The standard InChI is InChI=1S/C14H17F2N3/c1-14(2)4-3-9(7-14)19-11-6-8(15)5-10(16)12(11)18-13(19)17/h5-6,9H,3-4,7H2,1-2H3,(H2,17,18). The topological polar surface area (TPSA) is 43.8 Å². The summed E-state index contributed by atoms with van der Waals surface area (Å²) >= 11 is 0. The second kappa shape index (κ2) is 3.92. The number of hydrogen-bond acceptors (Lipinski definition) is 2. The van der Waals surface area contributed by atoms with Crippen LogP contribution in [0.4, 0.5) is 14.7 Å². The van der Waals surface area contributed by atoms with Crippen LogP contribution in [0.3, 0.4) is 0 Å². The van der Waals surface area contributed by atoms with E-state index in [1.54, 1.807) is 4.57 Å². The van der Waals surface area contributed by atoms with Gasteiger partial charge in [0.1, 0.15) is 11.3 Å². The maximum absolute atomic E-state index is 13.7. The maximum Gasteiger partial charge on any atom is 0.201 e. The van der Waals surface area contributed by atoms with E-state index >= 15 is 0 Å². The Morgan fingerprint density at radius 2 is 2.11 bits per heavy atom. The molecule has 0 bridgehead atoms. The molecule has 1 saturated carbocycles. The summed E-state index contributed by atoms with van der Waals surface area (Å²) in [5, 5.41) is 0. The van der Waals surface area contributed by atoms with Crippen molar-refractivity contribution in [3.05, 3.63) is 23.8 Å². The van der Waals surface area contributed by atoms with Crippen LogP contribution in [-0.4, -0.2) is 9.55 Å². The SMILES string of the molecule is CC1(C)CCC(n2c(N)nc3c(F)cc(F)cc32)C1. The van der Waals surface area contributed by atoms with Gasteiger partial charge in [0.15, 0.2) is 5.82 Å². The van der Waals surface area contributed by atoms with Crippen molar-refractivity contribution < 1.29 is 8.78 Å². The van der Waals surface area contributed by atoms with Crippen molar-refractivity contribution in [2.45, 2.75) is 39.2 Å². The van der Waals surface area contributed by atoms with E-state index in [1.807, 2.05) is 0 Å². The highest BCUT2D eigenvalue weighted by atomic mass is 19.1. The van der Waals surface area contributed by atoms with Crippen LogP contribution in [0.5, 0.6) is 0 Å². The highest BCUT2D eigenvalue weighted by Crippen LogP contribution is 2.45. The van der Waals surface area contributed by atoms with Gasteiger partial charge in [0.25, 0.3) is 0 Å². The molecule has 1 unspecified atom stereocenters. The lowest BCUT2D eigenvalue weighted by atomic mass is 9.92. The zero-order valence-electron chi connectivity index (χ0n) is 11.1. The second-order valence-electron chi connectivity index (χ2n) is 6.16. The fourth-order valence-corrected chi connectivity index (χ4v) is 3.14. The molecule has 3 nitrogen and oxygen atoms in total. The molecule has 3 rings (SSSR count). The minimum absolute atomic E-state index is 0.156. The molecule has 5 heteroatoms. The first-order valence-corrected chi connectivity index (χ1v) is 6.50. The third-order valence-corrected chi connectivity index (χ3v) is 4.05. The van der Waals surface area contributed by atoms with Crippen molar-refractivity contribution in [3.8, 4) is 0 Å². The third-order valence-electron chi connectivity index (χ3n) is 4.05. The molecule has 2 N–H and O–H groups in total. The maximum atomic E-state index is 13.7. The lowest BCUT2D eigenvalue weighted by Crippen LogP contribution is -2.11. The third kappa shape index (κ3) is 1.97. The average molecular weight is 265 g/mol. The molecule has 0 radical (unpaired) electrons. The van der Waals surface area contributed by atoms with Crippen LogP contribution in [0.25, 0.3) is 11.0 Å². The van der Waals surface area contributed by atoms with Crippen molar-refractivity contribution in [2.75, 3.05) is 5.73 Å². The zero-order valence-corrected chi connectivity index (χ0v) is 11.1. The Morgan fingerprint density at radius 3 is 2.74 bits per heavy atom. The van der Waals surface area contributed by atoms with E-state index in [0.29, 0.717) is 5.52 Å². The molecule has 19 heavy (non-hydrogen) atoms. The number of fused-ring (bicyclic) bond motifs is 1. The number of halogens is 2. The number of aromatic nitrogens is 2. The van der Waals surface area contributed by atoms with Crippen molar-refractivity contribution in [1.29, 1.82) is 0 Å². The molecule has 1 atom stereocenters. The number of rotatable bonds is 1. The summed E-state index contributed by atoms with van der Waals surface area (Å²) < 4.78 is 28.9. The molecule has 1 aromatic heterocycles. The Kier molecular flexibility index (Phi) is 2.56. The van der Waals surface area contributed by atoms with E-state index < -0.39 is 11.6 Å². The van der Waals surface area contributed by atoms with Crippen molar-refractivity contribution in [2.24, 2.45) is 5.41 Å². The number of benzene rings is 1. The van der Waals surface area contributed by atoms with Crippen molar-refractivity contribution >= 4 is 17.0 Å². The van der Waals surface area contributed by atoms with Crippen LogP contribution >= 0.6 is 0 Å². The molecule has 0 amide bonds. The molecule has 0 aliphatic heterocycles. The Balaban J connectivity index is 2.16. The first-order chi connectivity index (χ1) is 8.87. The van der Waals surface area contributed by atoms with Crippen molar-refractivity contribution in [1.82, 2.24) is 9.55 Å². The molecule has 0 saturated heterocycles. The highest BCUT2D eigenvalue weighted by Gasteiger charge is 2.33. The number of hydrogen-bond donors (Lipinski definition) is 1. The number of imidazole rings is 1. The van der Waals surface area contributed by atoms with Gasteiger partial charge < -0.3 is 10.3 Å². The van der Waals surface area contributed by atoms with Gasteiger partial charge in [-0.05, 0) is 24.7 Å². The molecule has 1 fully saturated rings. The van der Waals surface area contributed by atoms with Crippen LogP contribution in [0.1, 0.15) is 39.2 Å². The highest BCUT2D eigenvalue weighted by molar-refractivity contribution is 5.79. The average Bonchev–Trinajstić information content (AvgIpc) is 2.78. The Labute approximate surface area is 110 Å².